The quantitative estimate of drug-likeness (QED) is 0.0435. The Balaban J connectivity index is 0.000000229. The van der Waals surface area contributed by atoms with Crippen LogP contribution in [0, 0.1) is 11.6 Å². The molecule has 0 amide bonds. The van der Waals surface area contributed by atoms with Crippen molar-refractivity contribution in [2.75, 3.05) is 23.8 Å². The Bertz CT molecular complexity index is 3980. The van der Waals surface area contributed by atoms with Crippen molar-refractivity contribution in [1.82, 2.24) is 48.6 Å². The molecule has 87 heavy (non-hydrogen) atoms. The van der Waals surface area contributed by atoms with E-state index in [0.29, 0.717) is 57.2 Å². The maximum atomic E-state index is 13.8. The summed E-state index contributed by atoms with van der Waals surface area (Å²) in [5.41, 5.74) is 2.38. The molecule has 10 rings (SSSR count). The van der Waals surface area contributed by atoms with E-state index in [0.717, 1.165) is 0 Å². The van der Waals surface area contributed by atoms with E-state index in [9.17, 15) is 45.4 Å². The van der Waals surface area contributed by atoms with Gasteiger partial charge >= 0.3 is 64.9 Å². The first-order valence-electron chi connectivity index (χ1n) is 24.4. The molecule has 0 aliphatic rings. The molecule has 2 atom stereocenters. The first-order valence-corrected chi connectivity index (χ1v) is 41.6. The summed E-state index contributed by atoms with van der Waals surface area (Å²) in [6.45, 7) is -0.765. The third-order valence-electron chi connectivity index (χ3n) is 11.7. The summed E-state index contributed by atoms with van der Waals surface area (Å²) in [5.74, 6) is 0.917. The van der Waals surface area contributed by atoms with Crippen LogP contribution in [0.5, 0.6) is 0 Å². The van der Waals surface area contributed by atoms with Crippen molar-refractivity contribution in [3.8, 4) is 22.5 Å². The normalized spacial score (nSPS) is 11.6. The van der Waals surface area contributed by atoms with Gasteiger partial charge in [0, 0.05) is 74.3 Å². The zero-order chi connectivity index (χ0) is 62.7. The van der Waals surface area contributed by atoms with Crippen LogP contribution >= 0.6 is 83.1 Å². The Kier molecular flexibility index (Phi) is 28.0. The van der Waals surface area contributed by atoms with Gasteiger partial charge < -0.3 is 30.0 Å². The van der Waals surface area contributed by atoms with Crippen LogP contribution in [0.4, 0.5) is 32.3 Å². The molecular formula is C55H52Cl2F2I3N12O10S2V. The maximum absolute atomic E-state index is 13.8. The second kappa shape index (κ2) is 34.0. The standard InChI is InChI=1S/2C21H18ClFN6O2.2C6H6O3S.CH4.3HI.V/c2*1-28-19(5-8-25-28)27-21-24-7-4-17(26-21)13-6-9-29(20(31)11-13)18(12-30)14-2-3-15(22)16(23)10-14;2*7-10(8,9)6-4-2-1-3-5-6;;;;;/h2*2-11,18,30H,12H2,1H3,(H,24,26,27);2*1-5H,(H,7,8,9);1H4;3*1H;/q;;;;;;;;+3/p-3/t2*18-;;;;;;;/m11......./s1. The number of nitrogens with one attached hydrogen (secondary N) is 2. The fourth-order valence-electron chi connectivity index (χ4n) is 7.53. The number of aliphatic hydroxyl groups excluding tert-OH is 2. The number of aryl methyl sites for hydroxylation is 2. The van der Waals surface area contributed by atoms with E-state index in [2.05, 4.69) is 101 Å². The average molecular weight is 1650 g/mol. The molecule has 0 radical (unpaired) electrons. The Morgan fingerprint density at radius 3 is 1.18 bits per heavy atom. The number of hydrogen-bond acceptors (Lipinski definition) is 16. The molecule has 0 fully saturated rings. The van der Waals surface area contributed by atoms with Crippen molar-refractivity contribution in [3.63, 3.8) is 0 Å². The molecule has 32 heteroatoms. The van der Waals surface area contributed by atoms with E-state index < -0.39 is 44.0 Å². The van der Waals surface area contributed by atoms with E-state index in [1.54, 1.807) is 146 Å². The Morgan fingerprint density at radius 2 is 0.908 bits per heavy atom. The predicted octanol–water partition coefficient (Wildman–Crippen LogP) is 11.5. The second-order valence-electron chi connectivity index (χ2n) is 17.3. The molecule has 22 nitrogen and oxygen atoms in total. The second-order valence-corrected chi connectivity index (χ2v) is 56.3. The van der Waals surface area contributed by atoms with Gasteiger partial charge in [0.25, 0.3) is 31.4 Å². The number of aromatic nitrogens is 10. The van der Waals surface area contributed by atoms with Gasteiger partial charge in [0.15, 0.2) is 0 Å². The molecule has 0 unspecified atom stereocenters. The Labute approximate surface area is 545 Å². The van der Waals surface area contributed by atoms with Gasteiger partial charge in [0.1, 0.15) is 23.3 Å². The number of nitrogens with zero attached hydrogens (tertiary/aromatic N) is 10. The fraction of sp³-hybridized carbons (Fsp3) is 0.127. The average Bonchev–Trinajstić information content (AvgIpc) is 4.22. The summed E-state index contributed by atoms with van der Waals surface area (Å²) in [6, 6.07) is 34.9. The van der Waals surface area contributed by atoms with Gasteiger partial charge in [-0.05, 0) is 83.9 Å². The van der Waals surface area contributed by atoms with Gasteiger partial charge in [-0.1, -0.05) is 79.2 Å². The number of pyridine rings is 2. The Morgan fingerprint density at radius 1 is 0.552 bits per heavy atom. The third kappa shape index (κ3) is 21.6. The van der Waals surface area contributed by atoms with Crippen LogP contribution in [0.1, 0.15) is 30.6 Å². The number of aliphatic hydroxyl groups is 2. The van der Waals surface area contributed by atoms with Crippen molar-refractivity contribution in [2.24, 2.45) is 14.1 Å². The van der Waals surface area contributed by atoms with E-state index in [1.165, 1.54) is 69.8 Å². The molecule has 6 heterocycles. The van der Waals surface area contributed by atoms with Gasteiger partial charge in [-0.2, -0.15) is 27.0 Å². The van der Waals surface area contributed by atoms with Crippen molar-refractivity contribution in [3.05, 3.63) is 236 Å². The number of anilines is 4. The van der Waals surface area contributed by atoms with Gasteiger partial charge in [-0.15, -0.1) is 0 Å². The molecule has 0 spiro atoms. The molecule has 6 aromatic heterocycles. The summed E-state index contributed by atoms with van der Waals surface area (Å²) < 4.78 is 92.1. The molecule has 0 bridgehead atoms. The van der Waals surface area contributed by atoms with Crippen LogP contribution < -0.4 is 21.8 Å². The summed E-state index contributed by atoms with van der Waals surface area (Å²) in [4.78, 5) is 42.4. The Hall–Kier alpha value is -6.09. The van der Waals surface area contributed by atoms with Crippen LogP contribution in [0.2, 0.25) is 10.0 Å². The van der Waals surface area contributed by atoms with Gasteiger partial charge in [0.05, 0.1) is 68.9 Å². The summed E-state index contributed by atoms with van der Waals surface area (Å²) in [5, 5.41) is 33.9. The first kappa shape index (κ1) is 71.7. The number of benzene rings is 4. The number of hydrogen-bond donors (Lipinski definition) is 6. The van der Waals surface area contributed by atoms with Crippen molar-refractivity contribution >= 4 is 127 Å². The number of rotatable bonds is 14. The van der Waals surface area contributed by atoms with Crippen LogP contribution in [0.15, 0.2) is 202 Å². The molecule has 0 aliphatic carbocycles. The van der Waals surface area contributed by atoms with Crippen LogP contribution in [0.3, 0.4) is 0 Å². The fourth-order valence-corrected chi connectivity index (χ4v) is 8.76. The molecule has 6 N–H and O–H groups in total. The third-order valence-corrected chi connectivity index (χ3v) is 14.0. The van der Waals surface area contributed by atoms with E-state index in [-0.39, 0.29) is 56.5 Å². The minimum absolute atomic E-state index is 0. The molecule has 0 aliphatic heterocycles. The zero-order valence-electron chi connectivity index (χ0n) is 44.5. The number of halogens is 7. The molecule has 10 aromatic rings. The van der Waals surface area contributed by atoms with Crippen LogP contribution in [-0.4, -0.2) is 98.0 Å². The topological polar surface area (TPSA) is 304 Å². The molecule has 0 saturated carbocycles. The summed E-state index contributed by atoms with van der Waals surface area (Å²) >= 11 is 18.9. The molecule has 458 valence electrons. The van der Waals surface area contributed by atoms with Crippen LogP contribution in [-0.2, 0) is 39.3 Å². The van der Waals surface area contributed by atoms with Crippen LogP contribution in [0.25, 0.3) is 22.5 Å². The van der Waals surface area contributed by atoms with Crippen molar-refractivity contribution < 1.29 is 49.9 Å². The van der Waals surface area contributed by atoms with Gasteiger partial charge in [-0.25, -0.2) is 28.7 Å². The minimum atomic E-state index is -4.00. The van der Waals surface area contributed by atoms with Crippen molar-refractivity contribution in [2.45, 2.75) is 29.3 Å². The monoisotopic (exact) mass is 1640 g/mol. The van der Waals surface area contributed by atoms with Gasteiger partial charge in [-0.3, -0.25) is 28.1 Å². The van der Waals surface area contributed by atoms with E-state index >= 15 is 0 Å². The predicted molar refractivity (Wildman–Crippen MR) is 351 cm³/mol. The summed E-state index contributed by atoms with van der Waals surface area (Å²) in [6.07, 6.45) is 9.55. The first-order chi connectivity index (χ1) is 40.9. The summed E-state index contributed by atoms with van der Waals surface area (Å²) in [7, 11) is -4.43. The zero-order valence-corrected chi connectivity index (χ0v) is 55.5. The van der Waals surface area contributed by atoms with E-state index in [1.807, 2.05) is 0 Å². The SMILES string of the molecule is C.Cn1nccc1Nc1nccc(-c2ccn([C@H](CO)c3ccc(Cl)c(F)c3)c(=O)c2)n1.Cn1nccc1Nc1nccc(-c2ccn([C@H](CO)c3ccc(Cl)c(F)c3)c(=O)c2)n1.O=S(=O)(O)c1ccccc1.O=S(=O)(O)c1ccccc1.[I][V]([I])[I]. The van der Waals surface area contributed by atoms with Crippen molar-refractivity contribution in [1.29, 1.82) is 0 Å². The molecule has 4 aromatic carbocycles. The molecule has 0 saturated heterocycles. The molecular weight excluding hydrogens is 1590 g/mol. The van der Waals surface area contributed by atoms with Gasteiger partial charge in [0.2, 0.25) is 11.9 Å². The van der Waals surface area contributed by atoms with E-state index in [4.69, 9.17) is 32.3 Å².